The van der Waals surface area contributed by atoms with E-state index in [1.54, 1.807) is 0 Å². The van der Waals surface area contributed by atoms with Gasteiger partial charge in [0, 0.05) is 5.69 Å². The summed E-state index contributed by atoms with van der Waals surface area (Å²) in [6, 6.07) is 8.50. The summed E-state index contributed by atoms with van der Waals surface area (Å²) in [6.07, 6.45) is 1.59. The number of carboxylic acid groups (broad SMARTS) is 1. The van der Waals surface area contributed by atoms with Gasteiger partial charge in [-0.25, -0.2) is 4.79 Å². The first kappa shape index (κ1) is 14.8. The van der Waals surface area contributed by atoms with Crippen molar-refractivity contribution in [2.75, 3.05) is 5.32 Å². The first-order chi connectivity index (χ1) is 10.1. The highest BCUT2D eigenvalue weighted by Gasteiger charge is 2.17. The van der Waals surface area contributed by atoms with E-state index in [4.69, 9.17) is 9.52 Å². The number of rotatable bonds is 5. The first-order valence-electron chi connectivity index (χ1n) is 6.82. The molecule has 0 aliphatic carbocycles. The van der Waals surface area contributed by atoms with Crippen LogP contribution >= 0.6 is 0 Å². The summed E-state index contributed by atoms with van der Waals surface area (Å²) in [5, 5.41) is 11.6. The maximum Gasteiger partial charge on any atom is 0.371 e. The molecule has 5 heteroatoms. The number of hydrogen-bond acceptors (Lipinski definition) is 3. The SMILES string of the molecule is CCc1cccc(CC)c1NC(=O)c1ccc(C(=O)O)o1. The van der Waals surface area contributed by atoms with Gasteiger partial charge in [-0.2, -0.15) is 0 Å². The normalized spacial score (nSPS) is 10.4. The molecule has 110 valence electrons. The molecular weight excluding hydrogens is 270 g/mol. The molecule has 0 aliphatic heterocycles. The molecule has 0 atom stereocenters. The van der Waals surface area contributed by atoms with Crippen LogP contribution in [0.4, 0.5) is 5.69 Å². The molecule has 5 nitrogen and oxygen atoms in total. The molecule has 1 amide bonds. The minimum absolute atomic E-state index is 0.0136. The monoisotopic (exact) mass is 287 g/mol. The number of furan rings is 1. The van der Waals surface area contributed by atoms with Crippen molar-refractivity contribution in [3.63, 3.8) is 0 Å². The molecule has 0 radical (unpaired) electrons. The molecule has 1 heterocycles. The molecule has 0 bridgehead atoms. The standard InChI is InChI=1S/C16H17NO4/c1-3-10-6-5-7-11(4-2)14(10)17-15(18)12-8-9-13(21-12)16(19)20/h5-9H,3-4H2,1-2H3,(H,17,18)(H,19,20). The molecule has 21 heavy (non-hydrogen) atoms. The van der Waals surface area contributed by atoms with E-state index in [1.807, 2.05) is 32.0 Å². The Morgan fingerprint density at radius 2 is 1.62 bits per heavy atom. The van der Waals surface area contributed by atoms with E-state index < -0.39 is 11.9 Å². The number of carboxylic acids is 1. The van der Waals surface area contributed by atoms with Gasteiger partial charge in [-0.3, -0.25) is 4.79 Å². The van der Waals surface area contributed by atoms with Crippen LogP contribution in [-0.2, 0) is 12.8 Å². The number of aryl methyl sites for hydroxylation is 2. The van der Waals surface area contributed by atoms with Crippen molar-refractivity contribution in [1.82, 2.24) is 0 Å². The van der Waals surface area contributed by atoms with E-state index in [1.165, 1.54) is 12.1 Å². The molecule has 0 unspecified atom stereocenters. The Balaban J connectivity index is 2.28. The fourth-order valence-corrected chi connectivity index (χ4v) is 2.15. The molecule has 2 N–H and O–H groups in total. The zero-order valence-corrected chi connectivity index (χ0v) is 12.0. The van der Waals surface area contributed by atoms with Gasteiger partial charge in [-0.1, -0.05) is 32.0 Å². The van der Waals surface area contributed by atoms with Gasteiger partial charge in [-0.15, -0.1) is 0 Å². The highest BCUT2D eigenvalue weighted by molar-refractivity contribution is 6.03. The number of hydrogen-bond donors (Lipinski definition) is 2. The molecule has 0 saturated heterocycles. The Morgan fingerprint density at radius 1 is 1.05 bits per heavy atom. The minimum Gasteiger partial charge on any atom is -0.475 e. The highest BCUT2D eigenvalue weighted by atomic mass is 16.4. The second-order valence-electron chi connectivity index (χ2n) is 4.58. The van der Waals surface area contributed by atoms with Crippen LogP contribution in [0.15, 0.2) is 34.7 Å². The Bertz CT molecular complexity index is 650. The fraction of sp³-hybridized carbons (Fsp3) is 0.250. The van der Waals surface area contributed by atoms with Crippen molar-refractivity contribution in [3.05, 3.63) is 53.0 Å². The van der Waals surface area contributed by atoms with E-state index in [0.29, 0.717) is 0 Å². The topological polar surface area (TPSA) is 79.5 Å². The lowest BCUT2D eigenvalue weighted by Crippen LogP contribution is -2.14. The third kappa shape index (κ3) is 3.13. The van der Waals surface area contributed by atoms with Gasteiger partial charge in [0.1, 0.15) is 0 Å². The lowest BCUT2D eigenvalue weighted by atomic mass is 10.0. The highest BCUT2D eigenvalue weighted by Crippen LogP contribution is 2.23. The van der Waals surface area contributed by atoms with Crippen LogP contribution in [0.25, 0.3) is 0 Å². The van der Waals surface area contributed by atoms with Gasteiger partial charge >= 0.3 is 5.97 Å². The van der Waals surface area contributed by atoms with Crippen LogP contribution in [0.3, 0.4) is 0 Å². The average molecular weight is 287 g/mol. The molecule has 1 aromatic heterocycles. The van der Waals surface area contributed by atoms with E-state index >= 15 is 0 Å². The summed E-state index contributed by atoms with van der Waals surface area (Å²) in [5.74, 6) is -1.91. The number of benzene rings is 1. The quantitative estimate of drug-likeness (QED) is 0.883. The fourth-order valence-electron chi connectivity index (χ4n) is 2.15. The lowest BCUT2D eigenvalue weighted by Gasteiger charge is -2.13. The number of carbonyl (C=O) groups excluding carboxylic acids is 1. The summed E-state index contributed by atoms with van der Waals surface area (Å²) >= 11 is 0. The van der Waals surface area contributed by atoms with Crippen molar-refractivity contribution in [3.8, 4) is 0 Å². The van der Waals surface area contributed by atoms with Gasteiger partial charge in [0.2, 0.25) is 5.76 Å². The minimum atomic E-state index is -1.20. The van der Waals surface area contributed by atoms with Gasteiger partial charge in [-0.05, 0) is 36.1 Å². The maximum atomic E-state index is 12.2. The summed E-state index contributed by atoms with van der Waals surface area (Å²) in [7, 11) is 0. The molecule has 1 aromatic carbocycles. The Hall–Kier alpha value is -2.56. The van der Waals surface area contributed by atoms with Crippen molar-refractivity contribution in [1.29, 1.82) is 0 Å². The Morgan fingerprint density at radius 3 is 2.10 bits per heavy atom. The number of anilines is 1. The number of para-hydroxylation sites is 1. The molecule has 2 aromatic rings. The van der Waals surface area contributed by atoms with Crippen LogP contribution < -0.4 is 5.32 Å². The van der Waals surface area contributed by atoms with E-state index in [2.05, 4.69) is 5.32 Å². The Kier molecular flexibility index (Phi) is 4.42. The second kappa shape index (κ2) is 6.26. The van der Waals surface area contributed by atoms with Crippen molar-refractivity contribution in [2.24, 2.45) is 0 Å². The average Bonchev–Trinajstić information content (AvgIpc) is 2.97. The zero-order chi connectivity index (χ0) is 15.4. The third-order valence-corrected chi connectivity index (χ3v) is 3.28. The number of carbonyl (C=O) groups is 2. The maximum absolute atomic E-state index is 12.2. The van der Waals surface area contributed by atoms with Crippen LogP contribution in [-0.4, -0.2) is 17.0 Å². The van der Waals surface area contributed by atoms with Gasteiger partial charge in [0.15, 0.2) is 5.76 Å². The predicted octanol–water partition coefficient (Wildman–Crippen LogP) is 3.35. The number of nitrogens with one attached hydrogen (secondary N) is 1. The van der Waals surface area contributed by atoms with E-state index in [9.17, 15) is 9.59 Å². The van der Waals surface area contributed by atoms with Crippen LogP contribution in [0, 0.1) is 0 Å². The molecule has 0 saturated carbocycles. The predicted molar refractivity (Wildman–Crippen MR) is 78.8 cm³/mol. The summed E-state index contributed by atoms with van der Waals surface area (Å²) < 4.78 is 5.01. The summed E-state index contributed by atoms with van der Waals surface area (Å²) in [5.41, 5.74) is 2.85. The number of amides is 1. The van der Waals surface area contributed by atoms with Crippen LogP contribution in [0.2, 0.25) is 0 Å². The first-order valence-corrected chi connectivity index (χ1v) is 6.82. The van der Waals surface area contributed by atoms with Gasteiger partial charge < -0.3 is 14.8 Å². The number of aromatic carboxylic acids is 1. The van der Waals surface area contributed by atoms with Gasteiger partial charge in [0.25, 0.3) is 5.91 Å². The smallest absolute Gasteiger partial charge is 0.371 e. The molecule has 0 spiro atoms. The van der Waals surface area contributed by atoms with Gasteiger partial charge in [0.05, 0.1) is 0 Å². The second-order valence-corrected chi connectivity index (χ2v) is 4.58. The molecule has 0 fully saturated rings. The lowest BCUT2D eigenvalue weighted by molar-refractivity contribution is 0.0660. The van der Waals surface area contributed by atoms with E-state index in [0.717, 1.165) is 29.7 Å². The third-order valence-electron chi connectivity index (χ3n) is 3.28. The van der Waals surface area contributed by atoms with Crippen LogP contribution in [0.1, 0.15) is 46.1 Å². The summed E-state index contributed by atoms with van der Waals surface area (Å²) in [4.78, 5) is 23.0. The molecular formula is C16H17NO4. The summed E-state index contributed by atoms with van der Waals surface area (Å²) in [6.45, 7) is 4.03. The van der Waals surface area contributed by atoms with Crippen LogP contribution in [0.5, 0.6) is 0 Å². The Labute approximate surface area is 122 Å². The molecule has 2 rings (SSSR count). The van der Waals surface area contributed by atoms with E-state index in [-0.39, 0.29) is 11.5 Å². The van der Waals surface area contributed by atoms with Crippen molar-refractivity contribution in [2.45, 2.75) is 26.7 Å². The van der Waals surface area contributed by atoms with Crippen molar-refractivity contribution < 1.29 is 19.1 Å². The largest absolute Gasteiger partial charge is 0.475 e. The molecule has 0 aliphatic rings. The van der Waals surface area contributed by atoms with Crippen molar-refractivity contribution >= 4 is 17.6 Å². The zero-order valence-electron chi connectivity index (χ0n) is 12.0.